The first-order valence-electron chi connectivity index (χ1n) is 5.88. The van der Waals surface area contributed by atoms with Crippen LogP contribution in [0.2, 0.25) is 0 Å². The highest BCUT2D eigenvalue weighted by atomic mass is 19.1. The summed E-state index contributed by atoms with van der Waals surface area (Å²) >= 11 is 0. The van der Waals surface area contributed by atoms with Gasteiger partial charge in [-0.1, -0.05) is 6.07 Å². The van der Waals surface area contributed by atoms with Crippen LogP contribution in [0, 0.1) is 18.6 Å². The predicted octanol–water partition coefficient (Wildman–Crippen LogP) is 3.10. The first kappa shape index (κ1) is 14.0. The average Bonchev–Trinajstić information content (AvgIpc) is 2.41. The Morgan fingerprint density at radius 1 is 1.20 bits per heavy atom. The minimum absolute atomic E-state index is 0.0251. The Kier molecular flexibility index (Phi) is 3.70. The van der Waals surface area contributed by atoms with Crippen molar-refractivity contribution in [1.82, 2.24) is 0 Å². The summed E-state index contributed by atoms with van der Waals surface area (Å²) in [7, 11) is 1.37. The molecular weight excluding hydrogens is 264 g/mol. The van der Waals surface area contributed by atoms with Crippen molar-refractivity contribution in [2.24, 2.45) is 0 Å². The number of rotatable bonds is 3. The smallest absolute Gasteiger partial charge is 0.201 e. The molecule has 0 spiro atoms. The number of ketones is 1. The second kappa shape index (κ2) is 5.28. The van der Waals surface area contributed by atoms with E-state index in [4.69, 9.17) is 10.5 Å². The van der Waals surface area contributed by atoms with Crippen LogP contribution in [0.5, 0.6) is 5.75 Å². The molecule has 0 saturated heterocycles. The van der Waals surface area contributed by atoms with Gasteiger partial charge >= 0.3 is 0 Å². The summed E-state index contributed by atoms with van der Waals surface area (Å²) in [5.74, 6) is -1.94. The van der Waals surface area contributed by atoms with Crippen molar-refractivity contribution in [3.05, 3.63) is 58.7 Å². The zero-order chi connectivity index (χ0) is 14.9. The molecule has 0 radical (unpaired) electrons. The topological polar surface area (TPSA) is 52.3 Å². The van der Waals surface area contributed by atoms with Crippen LogP contribution in [0.4, 0.5) is 14.5 Å². The summed E-state index contributed by atoms with van der Waals surface area (Å²) in [6.45, 7) is 1.42. The molecule has 0 saturated carbocycles. The third-order valence-corrected chi connectivity index (χ3v) is 3.00. The number of aryl methyl sites for hydroxylation is 1. The molecule has 0 aromatic heterocycles. The van der Waals surface area contributed by atoms with Crippen molar-refractivity contribution in [3.8, 4) is 5.75 Å². The fourth-order valence-electron chi connectivity index (χ4n) is 1.92. The number of hydrogen-bond donors (Lipinski definition) is 1. The van der Waals surface area contributed by atoms with Crippen molar-refractivity contribution < 1.29 is 18.3 Å². The summed E-state index contributed by atoms with van der Waals surface area (Å²) < 4.78 is 32.4. The molecule has 104 valence electrons. The Balaban J connectivity index is 2.61. The molecular formula is C15H13F2NO2. The van der Waals surface area contributed by atoms with Crippen molar-refractivity contribution in [2.75, 3.05) is 12.8 Å². The Morgan fingerprint density at radius 3 is 2.55 bits per heavy atom. The van der Waals surface area contributed by atoms with Crippen molar-refractivity contribution in [2.45, 2.75) is 6.92 Å². The van der Waals surface area contributed by atoms with Crippen LogP contribution >= 0.6 is 0 Å². The molecule has 0 heterocycles. The molecule has 0 aliphatic carbocycles. The number of carbonyl (C=O) groups excluding carboxylic acids is 1. The van der Waals surface area contributed by atoms with Crippen LogP contribution < -0.4 is 10.5 Å². The number of nitrogens with two attached hydrogens (primary N) is 1. The van der Waals surface area contributed by atoms with Gasteiger partial charge in [0.25, 0.3) is 0 Å². The monoisotopic (exact) mass is 277 g/mol. The molecule has 0 bridgehead atoms. The van der Waals surface area contributed by atoms with E-state index in [-0.39, 0.29) is 28.1 Å². The molecule has 0 aliphatic heterocycles. The van der Waals surface area contributed by atoms with Gasteiger partial charge in [0.15, 0.2) is 0 Å². The zero-order valence-electron chi connectivity index (χ0n) is 11.0. The zero-order valence-corrected chi connectivity index (χ0v) is 11.0. The largest absolute Gasteiger partial charge is 0.496 e. The maximum Gasteiger partial charge on any atom is 0.201 e. The maximum atomic E-state index is 13.9. The van der Waals surface area contributed by atoms with E-state index in [1.807, 2.05) is 0 Å². The standard InChI is InChI=1S/C15H13F2NO2/c1-8-6-11(17)9(7-10(8)16)15(19)14-12(18)4-3-5-13(14)20-2/h3-7H,18H2,1-2H3. The number of nitrogen functional groups attached to an aromatic ring is 1. The van der Waals surface area contributed by atoms with E-state index in [1.54, 1.807) is 6.07 Å². The van der Waals surface area contributed by atoms with E-state index in [1.165, 1.54) is 26.2 Å². The fraction of sp³-hybridized carbons (Fsp3) is 0.133. The maximum absolute atomic E-state index is 13.9. The molecule has 0 fully saturated rings. The van der Waals surface area contributed by atoms with Gasteiger partial charge in [-0.15, -0.1) is 0 Å². The second-order valence-electron chi connectivity index (χ2n) is 4.33. The van der Waals surface area contributed by atoms with E-state index < -0.39 is 17.4 Å². The fourth-order valence-corrected chi connectivity index (χ4v) is 1.92. The summed E-state index contributed by atoms with van der Waals surface area (Å²) in [6.07, 6.45) is 0. The van der Waals surface area contributed by atoms with E-state index in [2.05, 4.69) is 0 Å². The predicted molar refractivity (Wildman–Crippen MR) is 71.9 cm³/mol. The number of hydrogen-bond acceptors (Lipinski definition) is 3. The average molecular weight is 277 g/mol. The van der Waals surface area contributed by atoms with Gasteiger partial charge in [-0.05, 0) is 36.8 Å². The molecule has 2 aromatic rings. The van der Waals surface area contributed by atoms with E-state index in [0.29, 0.717) is 0 Å². The first-order valence-corrected chi connectivity index (χ1v) is 5.88. The molecule has 2 rings (SSSR count). The van der Waals surface area contributed by atoms with Gasteiger partial charge in [-0.3, -0.25) is 4.79 Å². The molecule has 2 N–H and O–H groups in total. The Labute approximate surface area is 115 Å². The highest BCUT2D eigenvalue weighted by molar-refractivity contribution is 6.14. The van der Waals surface area contributed by atoms with Gasteiger partial charge in [0.2, 0.25) is 5.78 Å². The van der Waals surface area contributed by atoms with Gasteiger partial charge < -0.3 is 10.5 Å². The van der Waals surface area contributed by atoms with E-state index in [9.17, 15) is 13.6 Å². The number of ether oxygens (including phenoxy) is 1. The molecule has 0 aliphatic rings. The lowest BCUT2D eigenvalue weighted by Gasteiger charge is -2.11. The van der Waals surface area contributed by atoms with Gasteiger partial charge in [0.05, 0.1) is 18.2 Å². The lowest BCUT2D eigenvalue weighted by Crippen LogP contribution is -2.10. The minimum atomic E-state index is -0.792. The number of halogens is 2. The number of carbonyl (C=O) groups is 1. The summed E-state index contributed by atoms with van der Waals surface area (Å²) in [6, 6.07) is 6.49. The van der Waals surface area contributed by atoms with E-state index >= 15 is 0 Å². The molecule has 0 unspecified atom stereocenters. The molecule has 3 nitrogen and oxygen atoms in total. The Bertz CT molecular complexity index is 684. The van der Waals surface area contributed by atoms with Crippen LogP contribution in [0.1, 0.15) is 21.5 Å². The highest BCUT2D eigenvalue weighted by Gasteiger charge is 2.22. The molecule has 20 heavy (non-hydrogen) atoms. The normalized spacial score (nSPS) is 10.4. The van der Waals surface area contributed by atoms with Crippen LogP contribution in [-0.2, 0) is 0 Å². The van der Waals surface area contributed by atoms with Gasteiger partial charge in [0, 0.05) is 5.69 Å². The lowest BCUT2D eigenvalue weighted by molar-refractivity contribution is 0.103. The Hall–Kier alpha value is -2.43. The number of anilines is 1. The quantitative estimate of drug-likeness (QED) is 0.693. The van der Waals surface area contributed by atoms with Crippen molar-refractivity contribution in [1.29, 1.82) is 0 Å². The molecule has 5 heteroatoms. The summed E-state index contributed by atoms with van der Waals surface area (Å²) in [5, 5.41) is 0. The SMILES string of the molecule is COc1cccc(N)c1C(=O)c1cc(F)c(C)cc1F. The van der Waals surface area contributed by atoms with Gasteiger partial charge in [0.1, 0.15) is 17.4 Å². The third kappa shape index (κ3) is 2.34. The van der Waals surface area contributed by atoms with Crippen LogP contribution in [-0.4, -0.2) is 12.9 Å². The van der Waals surface area contributed by atoms with Gasteiger partial charge in [-0.2, -0.15) is 0 Å². The van der Waals surface area contributed by atoms with E-state index in [0.717, 1.165) is 12.1 Å². The minimum Gasteiger partial charge on any atom is -0.496 e. The van der Waals surface area contributed by atoms with Crippen LogP contribution in [0.3, 0.4) is 0 Å². The number of methoxy groups -OCH3 is 1. The number of benzene rings is 2. The lowest BCUT2D eigenvalue weighted by atomic mass is 9.99. The second-order valence-corrected chi connectivity index (χ2v) is 4.33. The van der Waals surface area contributed by atoms with Crippen LogP contribution in [0.25, 0.3) is 0 Å². The molecule has 2 aromatic carbocycles. The third-order valence-electron chi connectivity index (χ3n) is 3.00. The first-order chi connectivity index (χ1) is 9.45. The summed E-state index contributed by atoms with van der Waals surface area (Å²) in [5.41, 5.74) is 5.67. The van der Waals surface area contributed by atoms with Crippen molar-refractivity contribution in [3.63, 3.8) is 0 Å². The van der Waals surface area contributed by atoms with Crippen molar-refractivity contribution >= 4 is 11.5 Å². The highest BCUT2D eigenvalue weighted by Crippen LogP contribution is 2.28. The van der Waals surface area contributed by atoms with Crippen LogP contribution in [0.15, 0.2) is 30.3 Å². The Morgan fingerprint density at radius 2 is 1.90 bits per heavy atom. The molecule has 0 atom stereocenters. The molecule has 0 amide bonds. The van der Waals surface area contributed by atoms with Gasteiger partial charge in [-0.25, -0.2) is 8.78 Å². The summed E-state index contributed by atoms with van der Waals surface area (Å²) in [4.78, 5) is 12.4.